The lowest BCUT2D eigenvalue weighted by atomic mass is 9.84. The van der Waals surface area contributed by atoms with Gasteiger partial charge in [-0.05, 0) is 99.0 Å². The molecule has 0 fully saturated rings. The van der Waals surface area contributed by atoms with E-state index in [0.717, 1.165) is 5.69 Å². The lowest BCUT2D eigenvalue weighted by Gasteiger charge is -2.19. The second-order valence-electron chi connectivity index (χ2n) is 12.2. The van der Waals surface area contributed by atoms with E-state index < -0.39 is 0 Å². The van der Waals surface area contributed by atoms with Crippen LogP contribution in [0.15, 0.2) is 164 Å². The molecule has 1 nitrogen and oxygen atoms in total. The van der Waals surface area contributed by atoms with Crippen LogP contribution in [0.25, 0.3) is 98.1 Å². The summed E-state index contributed by atoms with van der Waals surface area (Å²) in [4.78, 5) is 4.80. The summed E-state index contributed by atoms with van der Waals surface area (Å²) in [6.45, 7) is 4.00. The molecule has 0 amide bonds. The number of nitrogens with zero attached hydrogens (tertiary/aromatic N) is 1. The van der Waals surface area contributed by atoms with Crippen molar-refractivity contribution in [1.29, 1.82) is 0 Å². The third kappa shape index (κ3) is 4.14. The molecular weight excluding hydrogens is 579 g/mol. The normalized spacial score (nSPS) is 11.5. The molecule has 0 saturated heterocycles. The lowest BCUT2D eigenvalue weighted by Crippen LogP contribution is -1.93. The Labute approximate surface area is 280 Å². The van der Waals surface area contributed by atoms with Crippen LogP contribution in [-0.4, -0.2) is 4.98 Å². The molecule has 0 radical (unpaired) electrons. The van der Waals surface area contributed by atoms with Crippen molar-refractivity contribution in [2.75, 3.05) is 0 Å². The van der Waals surface area contributed by atoms with E-state index in [0.29, 0.717) is 0 Å². The van der Waals surface area contributed by atoms with E-state index in [1.807, 2.05) is 26.1 Å². The summed E-state index contributed by atoms with van der Waals surface area (Å²) in [6.07, 6.45) is 1.89. The zero-order valence-electron chi connectivity index (χ0n) is 27.0. The van der Waals surface area contributed by atoms with Gasteiger partial charge in [-0.1, -0.05) is 159 Å². The standard InChI is InChI=1S/C45H27N.C2H6/c1-3-14-38-36(12-1)44(37-13-2-4-15-39(37)45(38)41-20-5-6-27-46-41)35-19-9-17-31-32(16-8-18-33(31)35)34-25-23-30-22-21-28-10-7-11-29-24-26-40(34)43(30)42(28)29;1-2/h1-27H;1-2H3. The molecule has 48 heavy (non-hydrogen) atoms. The van der Waals surface area contributed by atoms with E-state index >= 15 is 0 Å². The maximum absolute atomic E-state index is 4.80. The van der Waals surface area contributed by atoms with Crippen molar-refractivity contribution >= 4 is 64.6 Å². The molecule has 0 saturated carbocycles. The lowest BCUT2D eigenvalue weighted by molar-refractivity contribution is 1.34. The van der Waals surface area contributed by atoms with Crippen molar-refractivity contribution in [2.24, 2.45) is 0 Å². The minimum atomic E-state index is 0.996. The average molecular weight is 612 g/mol. The van der Waals surface area contributed by atoms with Gasteiger partial charge in [-0.3, -0.25) is 4.98 Å². The zero-order chi connectivity index (χ0) is 32.2. The van der Waals surface area contributed by atoms with Crippen LogP contribution in [0.5, 0.6) is 0 Å². The van der Waals surface area contributed by atoms with Gasteiger partial charge in [0.15, 0.2) is 0 Å². The molecule has 0 aliphatic carbocycles. The third-order valence-corrected chi connectivity index (χ3v) is 9.86. The summed E-state index contributed by atoms with van der Waals surface area (Å²) in [5, 5.41) is 15.3. The van der Waals surface area contributed by atoms with E-state index in [-0.39, 0.29) is 0 Å². The van der Waals surface area contributed by atoms with Gasteiger partial charge in [0.1, 0.15) is 0 Å². The number of benzene rings is 9. The van der Waals surface area contributed by atoms with Crippen LogP contribution in [0.4, 0.5) is 0 Å². The van der Waals surface area contributed by atoms with Crippen LogP contribution in [0.1, 0.15) is 13.8 Å². The van der Waals surface area contributed by atoms with Crippen LogP contribution in [0, 0.1) is 0 Å². The number of fused-ring (bicyclic) bond motifs is 3. The number of hydrogen-bond donors (Lipinski definition) is 0. The molecule has 0 spiro atoms. The fraction of sp³-hybridized carbons (Fsp3) is 0.0426. The van der Waals surface area contributed by atoms with Gasteiger partial charge >= 0.3 is 0 Å². The Bertz CT molecular complexity index is 2720. The van der Waals surface area contributed by atoms with Gasteiger partial charge in [-0.25, -0.2) is 0 Å². The van der Waals surface area contributed by atoms with E-state index in [2.05, 4.69) is 152 Å². The van der Waals surface area contributed by atoms with E-state index in [1.54, 1.807) is 0 Å². The van der Waals surface area contributed by atoms with Crippen molar-refractivity contribution in [2.45, 2.75) is 13.8 Å². The summed E-state index contributed by atoms with van der Waals surface area (Å²) in [5.74, 6) is 0. The quantitative estimate of drug-likeness (QED) is 0.143. The topological polar surface area (TPSA) is 12.9 Å². The Morgan fingerprint density at radius 2 is 0.792 bits per heavy atom. The van der Waals surface area contributed by atoms with Gasteiger partial charge in [0, 0.05) is 11.8 Å². The highest BCUT2D eigenvalue weighted by atomic mass is 14.7. The molecular formula is C47H33N. The van der Waals surface area contributed by atoms with Gasteiger partial charge in [-0.15, -0.1) is 0 Å². The second-order valence-corrected chi connectivity index (χ2v) is 12.2. The maximum atomic E-state index is 4.80. The van der Waals surface area contributed by atoms with Crippen molar-refractivity contribution < 1.29 is 0 Å². The van der Waals surface area contributed by atoms with Gasteiger partial charge in [-0.2, -0.15) is 0 Å². The molecule has 0 aliphatic rings. The molecule has 1 heterocycles. The van der Waals surface area contributed by atoms with E-state index in [4.69, 9.17) is 4.98 Å². The number of pyridine rings is 1. The molecule has 0 aliphatic heterocycles. The SMILES string of the molecule is CC.c1ccc(-c2c3ccccc3c(-c3cccc4c(-c5ccc6ccc7cccc8ccc5c6c78)cccc34)c3ccccc23)nc1. The molecule has 10 aromatic rings. The summed E-state index contributed by atoms with van der Waals surface area (Å²) in [6, 6.07) is 57.8. The third-order valence-electron chi connectivity index (χ3n) is 9.86. The molecule has 9 aromatic carbocycles. The minimum absolute atomic E-state index is 0.996. The Balaban J connectivity index is 0.00000154. The van der Waals surface area contributed by atoms with E-state index in [9.17, 15) is 0 Å². The van der Waals surface area contributed by atoms with Gasteiger partial charge in [0.25, 0.3) is 0 Å². The fourth-order valence-corrected chi connectivity index (χ4v) is 7.94. The summed E-state index contributed by atoms with van der Waals surface area (Å²) < 4.78 is 0. The number of hydrogen-bond acceptors (Lipinski definition) is 1. The Morgan fingerprint density at radius 3 is 1.44 bits per heavy atom. The van der Waals surface area contributed by atoms with Gasteiger partial charge in [0.2, 0.25) is 0 Å². The minimum Gasteiger partial charge on any atom is -0.256 e. The van der Waals surface area contributed by atoms with Crippen molar-refractivity contribution in [3.8, 4) is 33.5 Å². The zero-order valence-corrected chi connectivity index (χ0v) is 27.0. The van der Waals surface area contributed by atoms with Crippen LogP contribution in [0.2, 0.25) is 0 Å². The first-order valence-corrected chi connectivity index (χ1v) is 16.9. The smallest absolute Gasteiger partial charge is 0.0714 e. The molecule has 1 heteroatoms. The van der Waals surface area contributed by atoms with Crippen molar-refractivity contribution in [3.63, 3.8) is 0 Å². The fourth-order valence-electron chi connectivity index (χ4n) is 7.94. The highest BCUT2D eigenvalue weighted by molar-refractivity contribution is 6.27. The summed E-state index contributed by atoms with van der Waals surface area (Å²) in [7, 11) is 0. The first kappa shape index (κ1) is 28.2. The highest BCUT2D eigenvalue weighted by Crippen LogP contribution is 2.47. The van der Waals surface area contributed by atoms with Crippen LogP contribution in [-0.2, 0) is 0 Å². The Morgan fingerprint density at radius 1 is 0.312 bits per heavy atom. The summed E-state index contributed by atoms with van der Waals surface area (Å²) >= 11 is 0. The predicted octanol–water partition coefficient (Wildman–Crippen LogP) is 13.5. The monoisotopic (exact) mass is 611 g/mol. The Hall–Kier alpha value is -6.05. The van der Waals surface area contributed by atoms with Crippen molar-refractivity contribution in [1.82, 2.24) is 4.98 Å². The largest absolute Gasteiger partial charge is 0.256 e. The predicted molar refractivity (Wildman–Crippen MR) is 208 cm³/mol. The summed E-state index contributed by atoms with van der Waals surface area (Å²) in [5.41, 5.74) is 7.23. The first-order chi connectivity index (χ1) is 23.8. The molecule has 226 valence electrons. The van der Waals surface area contributed by atoms with Crippen LogP contribution in [0.3, 0.4) is 0 Å². The molecule has 0 atom stereocenters. The van der Waals surface area contributed by atoms with Gasteiger partial charge < -0.3 is 0 Å². The average Bonchev–Trinajstić information content (AvgIpc) is 3.16. The van der Waals surface area contributed by atoms with E-state index in [1.165, 1.54) is 92.5 Å². The number of rotatable bonds is 3. The van der Waals surface area contributed by atoms with Gasteiger partial charge in [0.05, 0.1) is 5.69 Å². The van der Waals surface area contributed by atoms with Crippen LogP contribution < -0.4 is 0 Å². The maximum Gasteiger partial charge on any atom is 0.0714 e. The molecule has 0 N–H and O–H groups in total. The number of aromatic nitrogens is 1. The molecule has 1 aromatic heterocycles. The van der Waals surface area contributed by atoms with Crippen LogP contribution >= 0.6 is 0 Å². The highest BCUT2D eigenvalue weighted by Gasteiger charge is 2.19. The molecule has 0 bridgehead atoms. The molecule has 0 unspecified atom stereocenters. The first-order valence-electron chi connectivity index (χ1n) is 16.9. The second kappa shape index (κ2) is 11.3. The Kier molecular flexibility index (Phi) is 6.66. The van der Waals surface area contributed by atoms with Crippen molar-refractivity contribution in [3.05, 3.63) is 164 Å². The molecule has 10 rings (SSSR count).